The lowest BCUT2D eigenvalue weighted by atomic mass is 9.84. The van der Waals surface area contributed by atoms with Crippen LogP contribution in [0.1, 0.15) is 42.2 Å². The van der Waals surface area contributed by atoms with Crippen molar-refractivity contribution in [3.63, 3.8) is 0 Å². The highest BCUT2D eigenvalue weighted by molar-refractivity contribution is 9.10. The number of benzene rings is 3. The Morgan fingerprint density at radius 1 is 0.731 bits per heavy atom. The second-order valence-electron chi connectivity index (χ2n) is 5.90. The highest BCUT2D eigenvalue weighted by atomic mass is 79.9. The van der Waals surface area contributed by atoms with Gasteiger partial charge in [-0.3, -0.25) is 14.4 Å². The minimum atomic E-state index is -0.291. The molecule has 1 aliphatic rings. The van der Waals surface area contributed by atoms with E-state index in [0.29, 0.717) is 38.0 Å². The summed E-state index contributed by atoms with van der Waals surface area (Å²) in [7, 11) is 0. The number of nitrogens with one attached hydrogen (secondary N) is 1. The van der Waals surface area contributed by atoms with Gasteiger partial charge in [-0.05, 0) is 40.2 Å². The molecule has 0 heterocycles. The third kappa shape index (κ3) is 2.66. The van der Waals surface area contributed by atoms with Crippen LogP contribution in [-0.4, -0.2) is 17.5 Å². The molecule has 0 saturated carbocycles. The van der Waals surface area contributed by atoms with Crippen molar-refractivity contribution in [1.29, 1.82) is 0 Å². The number of carbonyl (C=O) groups excluding carboxylic acids is 3. The van der Waals surface area contributed by atoms with Gasteiger partial charge in [-0.15, -0.1) is 0 Å². The van der Waals surface area contributed by atoms with E-state index in [9.17, 15) is 14.4 Å². The molecule has 0 radical (unpaired) electrons. The molecule has 3 aromatic carbocycles. The van der Waals surface area contributed by atoms with E-state index in [1.54, 1.807) is 60.7 Å². The summed E-state index contributed by atoms with van der Waals surface area (Å²) in [5.74, 6) is -0.712. The molecule has 0 saturated heterocycles. The molecule has 5 heteroatoms. The van der Waals surface area contributed by atoms with Gasteiger partial charge in [-0.1, -0.05) is 42.5 Å². The first kappa shape index (κ1) is 16.4. The van der Waals surface area contributed by atoms with Gasteiger partial charge < -0.3 is 5.32 Å². The molecule has 26 heavy (non-hydrogen) atoms. The van der Waals surface area contributed by atoms with Crippen molar-refractivity contribution in [2.45, 2.75) is 0 Å². The summed E-state index contributed by atoms with van der Waals surface area (Å²) in [5, 5.41) is 2.79. The maximum absolute atomic E-state index is 12.8. The van der Waals surface area contributed by atoms with Crippen LogP contribution < -0.4 is 5.32 Å². The van der Waals surface area contributed by atoms with E-state index in [-0.39, 0.29) is 17.5 Å². The molecule has 0 aromatic heterocycles. The Kier molecular flexibility index (Phi) is 4.01. The van der Waals surface area contributed by atoms with Gasteiger partial charge in [-0.2, -0.15) is 0 Å². The Hall–Kier alpha value is -3.05. The Balaban J connectivity index is 1.75. The van der Waals surface area contributed by atoms with Crippen molar-refractivity contribution >= 4 is 39.1 Å². The Bertz CT molecular complexity index is 1070. The van der Waals surface area contributed by atoms with E-state index >= 15 is 0 Å². The molecule has 1 aliphatic carbocycles. The van der Waals surface area contributed by atoms with Gasteiger partial charge in [0.15, 0.2) is 11.6 Å². The molecule has 4 rings (SSSR count). The maximum Gasteiger partial charge on any atom is 0.255 e. The minimum Gasteiger partial charge on any atom is -0.321 e. The average Bonchev–Trinajstić information content (AvgIpc) is 2.68. The fourth-order valence-electron chi connectivity index (χ4n) is 3.00. The molecule has 0 atom stereocenters. The predicted octanol–water partition coefficient (Wildman–Crippen LogP) is 4.48. The summed E-state index contributed by atoms with van der Waals surface area (Å²) in [6.07, 6.45) is 0. The number of rotatable bonds is 2. The minimum absolute atomic E-state index is 0.197. The molecule has 0 spiro atoms. The molecule has 126 valence electrons. The summed E-state index contributed by atoms with van der Waals surface area (Å²) in [6, 6.07) is 18.7. The number of halogens is 1. The molecule has 3 aromatic rings. The van der Waals surface area contributed by atoms with E-state index in [1.165, 1.54) is 0 Å². The molecule has 1 N–H and O–H groups in total. The summed E-state index contributed by atoms with van der Waals surface area (Å²) in [6.45, 7) is 0. The first-order chi connectivity index (χ1) is 12.6. The molecule has 0 aliphatic heterocycles. The van der Waals surface area contributed by atoms with Crippen LogP contribution in [0.25, 0.3) is 0 Å². The standard InChI is InChI=1S/C21H12BrNO3/c22-17-10-15-16(20(25)14-9-5-4-8-13(14)19(15)24)11-18(17)23-21(26)12-6-2-1-3-7-12/h1-11H,(H,23,26). The monoisotopic (exact) mass is 405 g/mol. The summed E-state index contributed by atoms with van der Waals surface area (Å²) in [4.78, 5) is 37.9. The lowest BCUT2D eigenvalue weighted by Crippen LogP contribution is -2.21. The second-order valence-corrected chi connectivity index (χ2v) is 6.76. The van der Waals surface area contributed by atoms with E-state index in [2.05, 4.69) is 21.2 Å². The van der Waals surface area contributed by atoms with Gasteiger partial charge >= 0.3 is 0 Å². The Morgan fingerprint density at radius 2 is 1.27 bits per heavy atom. The Morgan fingerprint density at radius 3 is 1.88 bits per heavy atom. The fraction of sp³-hybridized carbons (Fsp3) is 0. The molecule has 0 unspecified atom stereocenters. The van der Waals surface area contributed by atoms with Crippen molar-refractivity contribution in [1.82, 2.24) is 0 Å². The van der Waals surface area contributed by atoms with Gasteiger partial charge in [0.1, 0.15) is 0 Å². The molecule has 4 nitrogen and oxygen atoms in total. The van der Waals surface area contributed by atoms with E-state index in [1.807, 2.05) is 6.07 Å². The maximum atomic E-state index is 12.8. The number of anilines is 1. The zero-order chi connectivity index (χ0) is 18.3. The molecular formula is C21H12BrNO3. The third-order valence-electron chi connectivity index (χ3n) is 4.30. The van der Waals surface area contributed by atoms with Crippen LogP contribution >= 0.6 is 15.9 Å². The third-order valence-corrected chi connectivity index (χ3v) is 4.95. The lowest BCUT2D eigenvalue weighted by Gasteiger charge is -2.19. The zero-order valence-electron chi connectivity index (χ0n) is 13.5. The molecule has 0 bridgehead atoms. The largest absolute Gasteiger partial charge is 0.321 e. The van der Waals surface area contributed by atoms with E-state index < -0.39 is 0 Å². The number of hydrogen-bond acceptors (Lipinski definition) is 3. The number of hydrogen-bond donors (Lipinski definition) is 1. The summed E-state index contributed by atoms with van der Waals surface area (Å²) >= 11 is 3.39. The van der Waals surface area contributed by atoms with Crippen molar-refractivity contribution in [2.24, 2.45) is 0 Å². The molecular weight excluding hydrogens is 394 g/mol. The molecule has 0 fully saturated rings. The number of carbonyl (C=O) groups is 3. The topological polar surface area (TPSA) is 63.2 Å². The number of fused-ring (bicyclic) bond motifs is 2. The van der Waals surface area contributed by atoms with E-state index in [0.717, 1.165) is 0 Å². The highest BCUT2D eigenvalue weighted by Crippen LogP contribution is 2.33. The normalized spacial score (nSPS) is 12.3. The highest BCUT2D eigenvalue weighted by Gasteiger charge is 2.30. The average molecular weight is 406 g/mol. The van der Waals surface area contributed by atoms with Gasteiger partial charge in [-0.25, -0.2) is 0 Å². The number of ketones is 2. The fourth-order valence-corrected chi connectivity index (χ4v) is 3.44. The van der Waals surface area contributed by atoms with Gasteiger partial charge in [0.2, 0.25) is 0 Å². The van der Waals surface area contributed by atoms with Crippen molar-refractivity contribution < 1.29 is 14.4 Å². The Labute approximate surface area is 158 Å². The van der Waals surface area contributed by atoms with Crippen LogP contribution in [0.2, 0.25) is 0 Å². The molecule has 1 amide bonds. The first-order valence-electron chi connectivity index (χ1n) is 7.94. The smallest absolute Gasteiger partial charge is 0.255 e. The van der Waals surface area contributed by atoms with Crippen LogP contribution in [0, 0.1) is 0 Å². The van der Waals surface area contributed by atoms with Crippen molar-refractivity contribution in [3.05, 3.63) is 99.0 Å². The summed E-state index contributed by atoms with van der Waals surface area (Å²) < 4.78 is 0.543. The van der Waals surface area contributed by atoms with Crippen LogP contribution in [0.15, 0.2) is 71.2 Å². The lowest BCUT2D eigenvalue weighted by molar-refractivity contribution is 0.0979. The van der Waals surface area contributed by atoms with Crippen LogP contribution in [0.3, 0.4) is 0 Å². The number of amides is 1. The van der Waals surface area contributed by atoms with Crippen LogP contribution in [-0.2, 0) is 0 Å². The first-order valence-corrected chi connectivity index (χ1v) is 8.74. The quantitative estimate of drug-likeness (QED) is 0.534. The summed E-state index contributed by atoms with van der Waals surface area (Å²) in [5.41, 5.74) is 2.35. The van der Waals surface area contributed by atoms with Crippen molar-refractivity contribution in [2.75, 3.05) is 5.32 Å². The zero-order valence-corrected chi connectivity index (χ0v) is 15.0. The van der Waals surface area contributed by atoms with Crippen LogP contribution in [0.4, 0.5) is 5.69 Å². The van der Waals surface area contributed by atoms with Gasteiger partial charge in [0, 0.05) is 32.3 Å². The van der Waals surface area contributed by atoms with Crippen LogP contribution in [0.5, 0.6) is 0 Å². The second kappa shape index (κ2) is 6.35. The predicted molar refractivity (Wildman–Crippen MR) is 102 cm³/mol. The van der Waals surface area contributed by atoms with Gasteiger partial charge in [0.25, 0.3) is 5.91 Å². The SMILES string of the molecule is O=C(Nc1cc2c(cc1Br)C(=O)c1ccccc1C2=O)c1ccccc1. The van der Waals surface area contributed by atoms with Crippen molar-refractivity contribution in [3.8, 4) is 0 Å². The van der Waals surface area contributed by atoms with E-state index in [4.69, 9.17) is 0 Å². The van der Waals surface area contributed by atoms with Gasteiger partial charge in [0.05, 0.1) is 5.69 Å².